The van der Waals surface area contributed by atoms with E-state index < -0.39 is 15.4 Å². The summed E-state index contributed by atoms with van der Waals surface area (Å²) in [6.07, 6.45) is 1.96. The minimum Gasteiger partial charge on any atom is -0.337 e. The standard InChI is InChI=1S/C21H26N2O3S2/c1-2-28(25,26)23-13-10-21(11-14-23,18-6-4-3-5-7-18)20(24)22-12-8-19-17(16-22)9-15-27-19/h3-7,9,15H,2,8,10-14,16H2,1H3. The summed E-state index contributed by atoms with van der Waals surface area (Å²) in [5.41, 5.74) is 1.61. The van der Waals surface area contributed by atoms with E-state index in [1.54, 1.807) is 22.6 Å². The number of carbonyl (C=O) groups excluding carboxylic acids is 1. The van der Waals surface area contributed by atoms with Crippen molar-refractivity contribution < 1.29 is 13.2 Å². The van der Waals surface area contributed by atoms with E-state index in [1.165, 1.54) is 10.4 Å². The maximum atomic E-state index is 13.8. The number of piperidine rings is 1. The number of hydrogen-bond acceptors (Lipinski definition) is 4. The molecule has 2 aliphatic rings. The van der Waals surface area contributed by atoms with Crippen LogP contribution in [0.4, 0.5) is 0 Å². The van der Waals surface area contributed by atoms with Gasteiger partial charge in [0.25, 0.3) is 0 Å². The molecule has 0 saturated carbocycles. The number of rotatable bonds is 4. The molecule has 1 amide bonds. The predicted octanol–water partition coefficient (Wildman–Crippen LogP) is 3.02. The molecule has 1 aromatic heterocycles. The fraction of sp³-hybridized carbons (Fsp3) is 0.476. The van der Waals surface area contributed by atoms with Crippen LogP contribution in [0.15, 0.2) is 41.8 Å². The van der Waals surface area contributed by atoms with Gasteiger partial charge in [-0.1, -0.05) is 30.3 Å². The van der Waals surface area contributed by atoms with Crippen LogP contribution < -0.4 is 0 Å². The fourth-order valence-electron chi connectivity index (χ4n) is 4.44. The maximum Gasteiger partial charge on any atom is 0.233 e. The summed E-state index contributed by atoms with van der Waals surface area (Å²) in [7, 11) is -3.23. The topological polar surface area (TPSA) is 57.7 Å². The molecule has 28 heavy (non-hydrogen) atoms. The van der Waals surface area contributed by atoms with Crippen molar-refractivity contribution in [3.63, 3.8) is 0 Å². The third-order valence-electron chi connectivity index (χ3n) is 6.16. The molecule has 2 aliphatic heterocycles. The van der Waals surface area contributed by atoms with Crippen molar-refractivity contribution in [1.82, 2.24) is 9.21 Å². The Labute approximate surface area is 171 Å². The molecule has 3 heterocycles. The zero-order valence-electron chi connectivity index (χ0n) is 16.1. The van der Waals surface area contributed by atoms with Crippen molar-refractivity contribution in [1.29, 1.82) is 0 Å². The summed E-state index contributed by atoms with van der Waals surface area (Å²) in [5, 5.41) is 2.10. The van der Waals surface area contributed by atoms with Crippen molar-refractivity contribution in [3.05, 3.63) is 57.8 Å². The summed E-state index contributed by atoms with van der Waals surface area (Å²) in [4.78, 5) is 17.1. The van der Waals surface area contributed by atoms with Gasteiger partial charge in [0.1, 0.15) is 0 Å². The minimum atomic E-state index is -3.23. The van der Waals surface area contributed by atoms with Gasteiger partial charge in [-0.3, -0.25) is 4.79 Å². The highest BCUT2D eigenvalue weighted by Crippen LogP contribution is 2.39. The number of benzene rings is 1. The van der Waals surface area contributed by atoms with Crippen molar-refractivity contribution in [2.45, 2.75) is 38.1 Å². The van der Waals surface area contributed by atoms with Gasteiger partial charge in [-0.2, -0.15) is 0 Å². The highest BCUT2D eigenvalue weighted by molar-refractivity contribution is 7.89. The highest BCUT2D eigenvalue weighted by atomic mass is 32.2. The highest BCUT2D eigenvalue weighted by Gasteiger charge is 2.46. The lowest BCUT2D eigenvalue weighted by Crippen LogP contribution is -2.54. The summed E-state index contributed by atoms with van der Waals surface area (Å²) >= 11 is 1.76. The molecule has 0 aliphatic carbocycles. The Morgan fingerprint density at radius 3 is 2.50 bits per heavy atom. The Bertz CT molecular complexity index is 945. The molecular formula is C21H26N2O3S2. The first-order chi connectivity index (χ1) is 13.5. The first kappa shape index (κ1) is 19.6. The van der Waals surface area contributed by atoms with Crippen molar-refractivity contribution in [3.8, 4) is 0 Å². The van der Waals surface area contributed by atoms with Crippen LogP contribution in [0.3, 0.4) is 0 Å². The molecular weight excluding hydrogens is 392 g/mol. The second-order valence-corrected chi connectivity index (χ2v) is 10.9. The molecule has 0 N–H and O–H groups in total. The number of sulfonamides is 1. The number of fused-ring (bicyclic) bond motifs is 1. The molecule has 0 unspecified atom stereocenters. The van der Waals surface area contributed by atoms with Crippen molar-refractivity contribution in [2.24, 2.45) is 0 Å². The van der Waals surface area contributed by atoms with Crippen LogP contribution in [0, 0.1) is 0 Å². The quantitative estimate of drug-likeness (QED) is 0.767. The van der Waals surface area contributed by atoms with Crippen LogP contribution in [0.2, 0.25) is 0 Å². The monoisotopic (exact) mass is 418 g/mol. The number of amides is 1. The average molecular weight is 419 g/mol. The van der Waals surface area contributed by atoms with Gasteiger partial charge < -0.3 is 4.90 Å². The van der Waals surface area contributed by atoms with Crippen molar-refractivity contribution >= 4 is 27.3 Å². The third-order valence-corrected chi connectivity index (χ3v) is 9.07. The van der Waals surface area contributed by atoms with E-state index in [9.17, 15) is 13.2 Å². The summed E-state index contributed by atoms with van der Waals surface area (Å²) in [6.45, 7) is 3.86. The molecule has 0 bridgehead atoms. The number of thiophene rings is 1. The van der Waals surface area contributed by atoms with Gasteiger partial charge in [0.2, 0.25) is 15.9 Å². The summed E-state index contributed by atoms with van der Waals surface area (Å²) in [5.74, 6) is 0.246. The molecule has 5 nitrogen and oxygen atoms in total. The van der Waals surface area contributed by atoms with Crippen LogP contribution in [-0.4, -0.2) is 48.9 Å². The van der Waals surface area contributed by atoms with Crippen LogP contribution in [0.1, 0.15) is 35.8 Å². The average Bonchev–Trinajstić information content (AvgIpc) is 3.21. The molecule has 1 fully saturated rings. The molecule has 7 heteroatoms. The Kier molecular flexibility index (Phi) is 5.33. The molecule has 2 aromatic rings. The molecule has 150 valence electrons. The lowest BCUT2D eigenvalue weighted by molar-refractivity contribution is -0.140. The number of nitrogens with zero attached hydrogens (tertiary/aromatic N) is 2. The van der Waals surface area contributed by atoms with Gasteiger partial charge in [-0.25, -0.2) is 12.7 Å². The first-order valence-electron chi connectivity index (χ1n) is 9.84. The van der Waals surface area contributed by atoms with E-state index >= 15 is 0 Å². The van der Waals surface area contributed by atoms with E-state index in [4.69, 9.17) is 0 Å². The number of hydrogen-bond donors (Lipinski definition) is 0. The summed E-state index contributed by atoms with van der Waals surface area (Å²) in [6, 6.07) is 12.0. The van der Waals surface area contributed by atoms with E-state index in [2.05, 4.69) is 11.4 Å². The van der Waals surface area contributed by atoms with Crippen LogP contribution in [0.25, 0.3) is 0 Å². The van der Waals surface area contributed by atoms with E-state index in [0.29, 0.717) is 32.5 Å². The molecule has 1 aromatic carbocycles. The van der Waals surface area contributed by atoms with E-state index in [0.717, 1.165) is 18.5 Å². The van der Waals surface area contributed by atoms with Gasteiger partial charge in [-0.15, -0.1) is 11.3 Å². The molecule has 0 atom stereocenters. The maximum absolute atomic E-state index is 13.8. The lowest BCUT2D eigenvalue weighted by Gasteiger charge is -2.43. The smallest absolute Gasteiger partial charge is 0.233 e. The Morgan fingerprint density at radius 1 is 1.11 bits per heavy atom. The van der Waals surface area contributed by atoms with Crippen molar-refractivity contribution in [2.75, 3.05) is 25.4 Å². The van der Waals surface area contributed by atoms with Gasteiger partial charge in [0.05, 0.1) is 11.2 Å². The molecule has 0 spiro atoms. The Morgan fingerprint density at radius 2 is 1.82 bits per heavy atom. The SMILES string of the molecule is CCS(=O)(=O)N1CCC(C(=O)N2CCc3sccc3C2)(c2ccccc2)CC1. The van der Waals surface area contributed by atoms with Crippen LogP contribution >= 0.6 is 11.3 Å². The molecule has 0 radical (unpaired) electrons. The molecule has 1 saturated heterocycles. The van der Waals surface area contributed by atoms with E-state index in [-0.39, 0.29) is 11.7 Å². The second kappa shape index (κ2) is 7.61. The fourth-order valence-corrected chi connectivity index (χ4v) is 6.43. The van der Waals surface area contributed by atoms with Gasteiger partial charge >= 0.3 is 0 Å². The largest absolute Gasteiger partial charge is 0.337 e. The lowest BCUT2D eigenvalue weighted by atomic mass is 9.71. The number of carbonyl (C=O) groups is 1. The predicted molar refractivity (Wildman–Crippen MR) is 112 cm³/mol. The van der Waals surface area contributed by atoms with Crippen LogP contribution in [-0.2, 0) is 33.2 Å². The second-order valence-electron chi connectivity index (χ2n) is 7.59. The first-order valence-corrected chi connectivity index (χ1v) is 12.3. The minimum absolute atomic E-state index is 0.104. The van der Waals surface area contributed by atoms with Gasteiger partial charge in [0.15, 0.2) is 0 Å². The summed E-state index contributed by atoms with van der Waals surface area (Å²) < 4.78 is 26.2. The van der Waals surface area contributed by atoms with Gasteiger partial charge in [0, 0.05) is 31.1 Å². The van der Waals surface area contributed by atoms with Gasteiger partial charge in [-0.05, 0) is 48.8 Å². The van der Waals surface area contributed by atoms with Crippen LogP contribution in [0.5, 0.6) is 0 Å². The third kappa shape index (κ3) is 3.40. The van der Waals surface area contributed by atoms with E-state index in [1.807, 2.05) is 35.2 Å². The zero-order valence-corrected chi connectivity index (χ0v) is 17.8. The normalized spacial score (nSPS) is 20.0. The molecule has 4 rings (SSSR count). The Balaban J connectivity index is 1.63. The Hall–Kier alpha value is -1.70. The zero-order chi connectivity index (χ0) is 19.8.